The third kappa shape index (κ3) is 2.88. The zero-order valence-corrected chi connectivity index (χ0v) is 9.27. The highest BCUT2D eigenvalue weighted by molar-refractivity contribution is 5.89. The number of hydrogen-bond donors (Lipinski definition) is 0. The quantitative estimate of drug-likeness (QED) is 0.785. The Hall–Kier alpha value is -2.30. The summed E-state index contributed by atoms with van der Waals surface area (Å²) in [4.78, 5) is 15.5. The van der Waals surface area contributed by atoms with Gasteiger partial charge < -0.3 is 4.74 Å². The van der Waals surface area contributed by atoms with Crippen LogP contribution in [0.4, 0.5) is 8.78 Å². The number of esters is 1. The average molecular weight is 249 g/mol. The lowest BCUT2D eigenvalue weighted by Gasteiger charge is -2.05. The van der Waals surface area contributed by atoms with Gasteiger partial charge in [-0.1, -0.05) is 6.07 Å². The first-order valence-corrected chi connectivity index (χ1v) is 5.19. The van der Waals surface area contributed by atoms with Crippen LogP contribution in [0.25, 0.3) is 0 Å². The van der Waals surface area contributed by atoms with Crippen molar-refractivity contribution >= 4 is 5.97 Å². The Morgan fingerprint density at radius 3 is 2.72 bits per heavy atom. The molecule has 0 radical (unpaired) electrons. The van der Waals surface area contributed by atoms with Gasteiger partial charge in [-0.25, -0.2) is 13.6 Å². The molecule has 3 nitrogen and oxygen atoms in total. The van der Waals surface area contributed by atoms with Gasteiger partial charge in [0.25, 0.3) is 0 Å². The number of rotatable bonds is 3. The highest BCUT2D eigenvalue weighted by Crippen LogP contribution is 2.11. The third-order valence-electron chi connectivity index (χ3n) is 2.23. The van der Waals surface area contributed by atoms with Crippen molar-refractivity contribution in [2.24, 2.45) is 0 Å². The minimum absolute atomic E-state index is 0.0590. The molecule has 18 heavy (non-hydrogen) atoms. The monoisotopic (exact) mass is 249 g/mol. The summed E-state index contributed by atoms with van der Waals surface area (Å²) in [5, 5.41) is 0. The molecule has 1 heterocycles. The number of aromatic nitrogens is 1. The standard InChI is InChI=1S/C13H9F2NO2/c14-9-4-5-11(12(15)7-9)13(17)18-8-10-3-1-2-6-16-10/h1-7H,8H2. The van der Waals surface area contributed by atoms with E-state index in [4.69, 9.17) is 4.74 Å². The van der Waals surface area contributed by atoms with E-state index in [1.54, 1.807) is 24.4 Å². The van der Waals surface area contributed by atoms with Crippen molar-refractivity contribution in [1.82, 2.24) is 4.98 Å². The molecule has 0 aliphatic carbocycles. The van der Waals surface area contributed by atoms with Gasteiger partial charge in [0, 0.05) is 12.3 Å². The number of nitrogens with zero attached hydrogens (tertiary/aromatic N) is 1. The summed E-state index contributed by atoms with van der Waals surface area (Å²) in [6, 6.07) is 7.83. The molecule has 92 valence electrons. The van der Waals surface area contributed by atoms with Crippen LogP contribution in [0.5, 0.6) is 0 Å². The zero-order valence-electron chi connectivity index (χ0n) is 9.27. The van der Waals surface area contributed by atoms with E-state index >= 15 is 0 Å². The number of pyridine rings is 1. The lowest BCUT2D eigenvalue weighted by atomic mass is 10.2. The second kappa shape index (κ2) is 5.35. The zero-order chi connectivity index (χ0) is 13.0. The second-order valence-electron chi connectivity index (χ2n) is 3.52. The maximum Gasteiger partial charge on any atom is 0.341 e. The maximum atomic E-state index is 13.3. The molecule has 1 aromatic heterocycles. The van der Waals surface area contributed by atoms with Gasteiger partial charge in [-0.2, -0.15) is 0 Å². The van der Waals surface area contributed by atoms with Crippen molar-refractivity contribution in [2.45, 2.75) is 6.61 Å². The SMILES string of the molecule is O=C(OCc1ccccn1)c1ccc(F)cc1F. The van der Waals surface area contributed by atoms with Gasteiger partial charge in [-0.3, -0.25) is 4.98 Å². The molecule has 0 N–H and O–H groups in total. The summed E-state index contributed by atoms with van der Waals surface area (Å²) < 4.78 is 30.8. The number of benzene rings is 1. The summed E-state index contributed by atoms with van der Waals surface area (Å²) >= 11 is 0. The van der Waals surface area contributed by atoms with Crippen molar-refractivity contribution in [1.29, 1.82) is 0 Å². The average Bonchev–Trinajstić information content (AvgIpc) is 2.37. The highest BCUT2D eigenvalue weighted by Gasteiger charge is 2.13. The van der Waals surface area contributed by atoms with Crippen molar-refractivity contribution in [3.63, 3.8) is 0 Å². The van der Waals surface area contributed by atoms with Gasteiger partial charge in [0.05, 0.1) is 11.3 Å². The Balaban J connectivity index is 2.04. The fraction of sp³-hybridized carbons (Fsp3) is 0.0769. The van der Waals surface area contributed by atoms with Crippen LogP contribution in [-0.2, 0) is 11.3 Å². The Kier molecular flexibility index (Phi) is 3.62. The molecule has 0 aliphatic heterocycles. The van der Waals surface area contributed by atoms with E-state index in [0.717, 1.165) is 12.1 Å². The van der Waals surface area contributed by atoms with Crippen LogP contribution < -0.4 is 0 Å². The molecule has 0 fully saturated rings. The topological polar surface area (TPSA) is 39.2 Å². The first-order valence-electron chi connectivity index (χ1n) is 5.19. The van der Waals surface area contributed by atoms with Gasteiger partial charge >= 0.3 is 5.97 Å². The number of halogens is 2. The minimum Gasteiger partial charge on any atom is -0.456 e. The number of hydrogen-bond acceptors (Lipinski definition) is 3. The lowest BCUT2D eigenvalue weighted by Crippen LogP contribution is -2.08. The van der Waals surface area contributed by atoms with Crippen LogP contribution in [0.2, 0.25) is 0 Å². The molecule has 0 aliphatic rings. The second-order valence-corrected chi connectivity index (χ2v) is 3.52. The normalized spacial score (nSPS) is 10.1. The first-order chi connectivity index (χ1) is 8.66. The molecule has 0 unspecified atom stereocenters. The molecular weight excluding hydrogens is 240 g/mol. The van der Waals surface area contributed by atoms with E-state index in [9.17, 15) is 13.6 Å². The summed E-state index contributed by atoms with van der Waals surface area (Å²) in [5.41, 5.74) is 0.251. The Morgan fingerprint density at radius 1 is 1.22 bits per heavy atom. The fourth-order valence-electron chi connectivity index (χ4n) is 1.36. The van der Waals surface area contributed by atoms with Crippen LogP contribution in [0.3, 0.4) is 0 Å². The molecule has 0 amide bonds. The lowest BCUT2D eigenvalue weighted by molar-refractivity contribution is 0.0462. The number of ether oxygens (including phenoxy) is 1. The molecule has 2 aromatic rings. The van der Waals surface area contributed by atoms with Crippen LogP contribution in [0.15, 0.2) is 42.6 Å². The van der Waals surface area contributed by atoms with Gasteiger partial charge in [0.2, 0.25) is 0 Å². The molecule has 0 spiro atoms. The minimum atomic E-state index is -0.943. The number of carbonyl (C=O) groups is 1. The van der Waals surface area contributed by atoms with Gasteiger partial charge in [-0.05, 0) is 24.3 Å². The summed E-state index contributed by atoms with van der Waals surface area (Å²) in [7, 11) is 0. The van der Waals surface area contributed by atoms with E-state index in [1.165, 1.54) is 0 Å². The van der Waals surface area contributed by atoms with Crippen molar-refractivity contribution in [3.8, 4) is 0 Å². The van der Waals surface area contributed by atoms with Gasteiger partial charge in [0.15, 0.2) is 0 Å². The molecule has 0 saturated carbocycles. The van der Waals surface area contributed by atoms with Gasteiger partial charge in [-0.15, -0.1) is 0 Å². The predicted octanol–water partition coefficient (Wildman–Crippen LogP) is 2.72. The Morgan fingerprint density at radius 2 is 2.06 bits per heavy atom. The first kappa shape index (κ1) is 12.2. The highest BCUT2D eigenvalue weighted by atomic mass is 19.1. The summed E-state index contributed by atoms with van der Waals surface area (Å²) in [5.74, 6) is -2.53. The molecule has 0 bridgehead atoms. The van der Waals surface area contributed by atoms with Crippen molar-refractivity contribution in [3.05, 3.63) is 65.5 Å². The molecular formula is C13H9F2NO2. The van der Waals surface area contributed by atoms with Crippen LogP contribution in [-0.4, -0.2) is 11.0 Å². The Labute approximate surface area is 102 Å². The largest absolute Gasteiger partial charge is 0.456 e. The smallest absolute Gasteiger partial charge is 0.341 e. The summed E-state index contributed by atoms with van der Waals surface area (Å²) in [6.45, 7) is -0.0590. The van der Waals surface area contributed by atoms with E-state index < -0.39 is 17.6 Å². The van der Waals surface area contributed by atoms with E-state index in [-0.39, 0.29) is 12.2 Å². The van der Waals surface area contributed by atoms with Crippen LogP contribution in [0.1, 0.15) is 16.1 Å². The van der Waals surface area contributed by atoms with E-state index in [0.29, 0.717) is 11.8 Å². The molecule has 0 atom stereocenters. The molecule has 0 saturated heterocycles. The molecule has 5 heteroatoms. The predicted molar refractivity (Wildman–Crippen MR) is 59.7 cm³/mol. The summed E-state index contributed by atoms with van der Waals surface area (Å²) in [6.07, 6.45) is 1.56. The van der Waals surface area contributed by atoms with E-state index in [2.05, 4.69) is 4.98 Å². The maximum absolute atomic E-state index is 13.3. The van der Waals surface area contributed by atoms with Crippen LogP contribution >= 0.6 is 0 Å². The van der Waals surface area contributed by atoms with Crippen molar-refractivity contribution in [2.75, 3.05) is 0 Å². The fourth-order valence-corrected chi connectivity index (χ4v) is 1.36. The third-order valence-corrected chi connectivity index (χ3v) is 2.23. The Bertz CT molecular complexity index is 558. The number of carbonyl (C=O) groups excluding carboxylic acids is 1. The molecule has 2 rings (SSSR count). The van der Waals surface area contributed by atoms with Crippen LogP contribution in [0, 0.1) is 11.6 Å². The van der Waals surface area contributed by atoms with Gasteiger partial charge in [0.1, 0.15) is 18.2 Å². The van der Waals surface area contributed by atoms with E-state index in [1.807, 2.05) is 0 Å². The molecule has 1 aromatic carbocycles. The van der Waals surface area contributed by atoms with Crippen molar-refractivity contribution < 1.29 is 18.3 Å².